The molecule has 0 radical (unpaired) electrons. The molecule has 28 heavy (non-hydrogen) atoms. The Hall–Kier alpha value is -3.48. The summed E-state index contributed by atoms with van der Waals surface area (Å²) >= 11 is 0. The van der Waals surface area contributed by atoms with Crippen molar-refractivity contribution in [3.63, 3.8) is 0 Å². The fraction of sp³-hybridized carbons (Fsp3) is 0.238. The van der Waals surface area contributed by atoms with Gasteiger partial charge in [0, 0.05) is 44.5 Å². The molecule has 1 aliphatic heterocycles. The molecule has 0 N–H and O–H groups in total. The SMILES string of the molecule is O=C(c1ccc2nccn2c1)N1CCc2nc(Cc3ccccc3)nn2CC1. The zero-order valence-corrected chi connectivity index (χ0v) is 15.4. The van der Waals surface area contributed by atoms with E-state index in [1.165, 1.54) is 5.56 Å². The van der Waals surface area contributed by atoms with E-state index in [0.717, 1.165) is 23.7 Å². The standard InChI is InChI=1S/C21H20N6O/c28-21(17-6-7-19-22-9-11-26(19)15-17)25-10-8-20-23-18(24-27(20)13-12-25)14-16-4-2-1-3-5-16/h1-7,9,11,15H,8,10,12-14H2. The van der Waals surface area contributed by atoms with Crippen LogP contribution in [0.4, 0.5) is 0 Å². The predicted octanol–water partition coefficient (Wildman–Crippen LogP) is 2.22. The third-order valence-corrected chi connectivity index (χ3v) is 5.11. The molecule has 0 bridgehead atoms. The highest BCUT2D eigenvalue weighted by Crippen LogP contribution is 2.14. The number of amides is 1. The number of aromatic nitrogens is 5. The summed E-state index contributed by atoms with van der Waals surface area (Å²) in [7, 11) is 0. The van der Waals surface area contributed by atoms with Crippen molar-refractivity contribution >= 4 is 11.6 Å². The molecule has 0 atom stereocenters. The minimum Gasteiger partial charge on any atom is -0.336 e. The lowest BCUT2D eigenvalue weighted by Gasteiger charge is -2.20. The molecule has 0 unspecified atom stereocenters. The number of carbonyl (C=O) groups excluding carboxylic acids is 1. The third kappa shape index (κ3) is 3.15. The number of nitrogens with zero attached hydrogens (tertiary/aromatic N) is 6. The van der Waals surface area contributed by atoms with Gasteiger partial charge >= 0.3 is 0 Å². The van der Waals surface area contributed by atoms with Gasteiger partial charge in [0.05, 0.1) is 12.1 Å². The minimum absolute atomic E-state index is 0.0332. The van der Waals surface area contributed by atoms with Gasteiger partial charge in [-0.2, -0.15) is 5.10 Å². The van der Waals surface area contributed by atoms with E-state index < -0.39 is 0 Å². The number of benzene rings is 1. The number of pyridine rings is 1. The van der Waals surface area contributed by atoms with Gasteiger partial charge in [0.15, 0.2) is 5.82 Å². The molecule has 0 saturated carbocycles. The van der Waals surface area contributed by atoms with Crippen LogP contribution in [-0.2, 0) is 19.4 Å². The van der Waals surface area contributed by atoms with Crippen molar-refractivity contribution in [1.29, 1.82) is 0 Å². The Kier molecular flexibility index (Phi) is 4.12. The average molecular weight is 372 g/mol. The van der Waals surface area contributed by atoms with Gasteiger partial charge in [0.2, 0.25) is 0 Å². The summed E-state index contributed by atoms with van der Waals surface area (Å²) < 4.78 is 3.82. The van der Waals surface area contributed by atoms with Crippen LogP contribution in [0.5, 0.6) is 0 Å². The van der Waals surface area contributed by atoms with E-state index in [4.69, 9.17) is 4.98 Å². The highest BCUT2D eigenvalue weighted by molar-refractivity contribution is 5.94. The van der Waals surface area contributed by atoms with Crippen LogP contribution in [-0.4, -0.2) is 48.0 Å². The Morgan fingerprint density at radius 2 is 1.93 bits per heavy atom. The molecule has 7 nitrogen and oxygen atoms in total. The van der Waals surface area contributed by atoms with Gasteiger partial charge in [-0.3, -0.25) is 4.79 Å². The summed E-state index contributed by atoms with van der Waals surface area (Å²) in [6, 6.07) is 13.9. The second kappa shape index (κ2) is 6.92. The van der Waals surface area contributed by atoms with Gasteiger partial charge in [0.1, 0.15) is 11.5 Å². The highest BCUT2D eigenvalue weighted by atomic mass is 16.2. The van der Waals surface area contributed by atoms with Gasteiger partial charge in [-0.15, -0.1) is 0 Å². The Labute approximate surface area is 162 Å². The molecular weight excluding hydrogens is 352 g/mol. The Balaban J connectivity index is 1.30. The van der Waals surface area contributed by atoms with Crippen LogP contribution in [0, 0.1) is 0 Å². The van der Waals surface area contributed by atoms with Crippen LogP contribution in [0.25, 0.3) is 5.65 Å². The Bertz CT molecular complexity index is 1100. The van der Waals surface area contributed by atoms with E-state index in [0.29, 0.717) is 31.6 Å². The van der Waals surface area contributed by atoms with Crippen molar-refractivity contribution < 1.29 is 4.79 Å². The minimum atomic E-state index is 0.0332. The molecule has 4 aromatic rings. The first kappa shape index (κ1) is 16.7. The maximum Gasteiger partial charge on any atom is 0.255 e. The second-order valence-corrected chi connectivity index (χ2v) is 6.98. The van der Waals surface area contributed by atoms with Gasteiger partial charge in [-0.1, -0.05) is 30.3 Å². The summed E-state index contributed by atoms with van der Waals surface area (Å²) in [5.74, 6) is 1.82. The lowest BCUT2D eigenvalue weighted by molar-refractivity contribution is 0.0757. The van der Waals surface area contributed by atoms with Crippen molar-refractivity contribution in [3.8, 4) is 0 Å². The monoisotopic (exact) mass is 372 g/mol. The summed E-state index contributed by atoms with van der Waals surface area (Å²) in [6.07, 6.45) is 6.86. The first-order valence-electron chi connectivity index (χ1n) is 9.45. The zero-order valence-electron chi connectivity index (χ0n) is 15.4. The molecule has 140 valence electrons. The molecule has 4 heterocycles. The van der Waals surface area contributed by atoms with Gasteiger partial charge in [-0.25, -0.2) is 14.6 Å². The van der Waals surface area contributed by atoms with Crippen LogP contribution >= 0.6 is 0 Å². The van der Waals surface area contributed by atoms with Crippen molar-refractivity contribution in [2.45, 2.75) is 19.4 Å². The largest absolute Gasteiger partial charge is 0.336 e. The van der Waals surface area contributed by atoms with E-state index in [2.05, 4.69) is 22.2 Å². The quantitative estimate of drug-likeness (QED) is 0.553. The van der Waals surface area contributed by atoms with E-state index in [1.807, 2.05) is 56.7 Å². The van der Waals surface area contributed by atoms with Crippen LogP contribution in [0.3, 0.4) is 0 Å². The topological polar surface area (TPSA) is 68.3 Å². The van der Waals surface area contributed by atoms with E-state index in [1.54, 1.807) is 6.20 Å². The smallest absolute Gasteiger partial charge is 0.255 e. The molecule has 0 saturated heterocycles. The first-order valence-corrected chi connectivity index (χ1v) is 9.45. The molecule has 0 fully saturated rings. The van der Waals surface area contributed by atoms with E-state index >= 15 is 0 Å². The zero-order chi connectivity index (χ0) is 18.9. The number of rotatable bonds is 3. The van der Waals surface area contributed by atoms with Crippen LogP contribution in [0.15, 0.2) is 61.1 Å². The maximum absolute atomic E-state index is 12.9. The normalized spacial score (nSPS) is 14.1. The fourth-order valence-electron chi connectivity index (χ4n) is 3.64. The molecule has 1 aromatic carbocycles. The fourth-order valence-corrected chi connectivity index (χ4v) is 3.64. The highest BCUT2D eigenvalue weighted by Gasteiger charge is 2.22. The van der Waals surface area contributed by atoms with Crippen LogP contribution in [0.2, 0.25) is 0 Å². The molecular formula is C21H20N6O. The van der Waals surface area contributed by atoms with E-state index in [-0.39, 0.29) is 5.91 Å². The number of hydrogen-bond donors (Lipinski definition) is 0. The molecule has 7 heteroatoms. The molecule has 5 rings (SSSR count). The van der Waals surface area contributed by atoms with E-state index in [9.17, 15) is 4.79 Å². The predicted molar refractivity (Wildman–Crippen MR) is 104 cm³/mol. The average Bonchev–Trinajstić information content (AvgIpc) is 3.30. The maximum atomic E-state index is 12.9. The van der Waals surface area contributed by atoms with Gasteiger partial charge in [-0.05, 0) is 17.7 Å². The molecule has 1 aliphatic rings. The number of carbonyl (C=O) groups is 1. The second-order valence-electron chi connectivity index (χ2n) is 6.98. The van der Waals surface area contributed by atoms with Crippen molar-refractivity contribution in [1.82, 2.24) is 29.0 Å². The summed E-state index contributed by atoms with van der Waals surface area (Å²) in [4.78, 5) is 23.8. The summed E-state index contributed by atoms with van der Waals surface area (Å²) in [6.45, 7) is 1.93. The third-order valence-electron chi connectivity index (χ3n) is 5.11. The van der Waals surface area contributed by atoms with Crippen molar-refractivity contribution in [2.24, 2.45) is 0 Å². The van der Waals surface area contributed by atoms with Gasteiger partial charge in [0.25, 0.3) is 5.91 Å². The Morgan fingerprint density at radius 3 is 2.82 bits per heavy atom. The molecule has 3 aromatic heterocycles. The lowest BCUT2D eigenvalue weighted by Crippen LogP contribution is -2.33. The number of fused-ring (bicyclic) bond motifs is 2. The van der Waals surface area contributed by atoms with Crippen LogP contribution < -0.4 is 0 Å². The summed E-state index contributed by atoms with van der Waals surface area (Å²) in [5.41, 5.74) is 2.71. The van der Waals surface area contributed by atoms with Crippen molar-refractivity contribution in [3.05, 3.63) is 83.8 Å². The summed E-state index contributed by atoms with van der Waals surface area (Å²) in [5, 5.41) is 4.66. The number of imidazole rings is 1. The molecule has 0 spiro atoms. The van der Waals surface area contributed by atoms with Crippen molar-refractivity contribution in [2.75, 3.05) is 13.1 Å². The van der Waals surface area contributed by atoms with Gasteiger partial charge < -0.3 is 9.30 Å². The van der Waals surface area contributed by atoms with Crippen LogP contribution in [0.1, 0.15) is 27.6 Å². The molecule has 1 amide bonds. The lowest BCUT2D eigenvalue weighted by atomic mass is 10.1. The Morgan fingerprint density at radius 1 is 1.04 bits per heavy atom. The molecule has 0 aliphatic carbocycles. The number of hydrogen-bond acceptors (Lipinski definition) is 4. The first-order chi connectivity index (χ1) is 13.8.